The first-order valence-corrected chi connectivity index (χ1v) is 8.22. The lowest BCUT2D eigenvalue weighted by Crippen LogP contribution is -1.94. The van der Waals surface area contributed by atoms with E-state index >= 15 is 0 Å². The van der Waals surface area contributed by atoms with Gasteiger partial charge in [-0.3, -0.25) is 4.99 Å². The Balaban J connectivity index is 1.63. The molecule has 3 aromatic rings. The number of hydrogen-bond acceptors (Lipinski definition) is 2. The quantitative estimate of drug-likeness (QED) is 0.490. The van der Waals surface area contributed by atoms with E-state index in [-0.39, 0.29) is 0 Å². The zero-order chi connectivity index (χ0) is 16.8. The molecular formula is C20H15Cl2NO. The average Bonchev–Trinajstić information content (AvgIpc) is 2.61. The second-order valence-electron chi connectivity index (χ2n) is 5.20. The van der Waals surface area contributed by atoms with Gasteiger partial charge in [-0.05, 0) is 53.6 Å². The number of hydrogen-bond donors (Lipinski definition) is 0. The summed E-state index contributed by atoms with van der Waals surface area (Å²) in [5.41, 5.74) is 2.79. The normalized spacial score (nSPS) is 10.9. The van der Waals surface area contributed by atoms with E-state index in [1.54, 1.807) is 24.4 Å². The van der Waals surface area contributed by atoms with E-state index in [2.05, 4.69) is 4.99 Å². The summed E-state index contributed by atoms with van der Waals surface area (Å²) in [5, 5.41) is 1.13. The summed E-state index contributed by atoms with van der Waals surface area (Å²) in [4.78, 5) is 4.38. The minimum absolute atomic E-state index is 0.529. The molecule has 0 saturated carbocycles. The molecule has 0 saturated heterocycles. The van der Waals surface area contributed by atoms with E-state index in [1.165, 1.54) is 0 Å². The van der Waals surface area contributed by atoms with Crippen molar-refractivity contribution in [3.63, 3.8) is 0 Å². The standard InChI is InChI=1S/C20H15Cl2NO/c21-17-8-11-20(19(22)12-17)23-13-15-6-9-18(10-7-15)24-14-16-4-2-1-3-5-16/h1-13H,14H2. The molecular weight excluding hydrogens is 341 g/mol. The third-order valence-electron chi connectivity index (χ3n) is 3.39. The summed E-state index contributed by atoms with van der Waals surface area (Å²) in [6.07, 6.45) is 1.76. The number of benzene rings is 3. The lowest BCUT2D eigenvalue weighted by Gasteiger charge is -2.06. The van der Waals surface area contributed by atoms with Gasteiger partial charge < -0.3 is 4.74 Å². The molecule has 0 atom stereocenters. The van der Waals surface area contributed by atoms with Gasteiger partial charge in [0.2, 0.25) is 0 Å². The van der Waals surface area contributed by atoms with Gasteiger partial charge in [-0.2, -0.15) is 0 Å². The van der Waals surface area contributed by atoms with Gasteiger partial charge in [-0.1, -0.05) is 53.5 Å². The lowest BCUT2D eigenvalue weighted by atomic mass is 10.2. The summed E-state index contributed by atoms with van der Waals surface area (Å²) in [6, 6.07) is 23.1. The zero-order valence-electron chi connectivity index (χ0n) is 12.8. The van der Waals surface area contributed by atoms with Crippen LogP contribution in [0.15, 0.2) is 77.8 Å². The Bertz CT molecular complexity index is 830. The SMILES string of the molecule is Clc1ccc(N=Cc2ccc(OCc3ccccc3)cc2)c(Cl)c1. The molecule has 0 bridgehead atoms. The van der Waals surface area contributed by atoms with Crippen molar-refractivity contribution in [3.05, 3.63) is 94.0 Å². The molecule has 0 radical (unpaired) electrons. The highest BCUT2D eigenvalue weighted by atomic mass is 35.5. The van der Waals surface area contributed by atoms with Gasteiger partial charge in [0.1, 0.15) is 12.4 Å². The largest absolute Gasteiger partial charge is 0.489 e. The molecule has 0 amide bonds. The summed E-state index contributed by atoms with van der Waals surface area (Å²) in [5.74, 6) is 0.820. The van der Waals surface area contributed by atoms with Crippen LogP contribution in [0.1, 0.15) is 11.1 Å². The fourth-order valence-electron chi connectivity index (χ4n) is 2.12. The monoisotopic (exact) mass is 355 g/mol. The number of ether oxygens (including phenoxy) is 1. The molecule has 0 aliphatic rings. The van der Waals surface area contributed by atoms with E-state index in [0.29, 0.717) is 22.3 Å². The summed E-state index contributed by atoms with van der Waals surface area (Å²) >= 11 is 12.0. The van der Waals surface area contributed by atoms with E-state index in [9.17, 15) is 0 Å². The maximum atomic E-state index is 6.10. The highest BCUT2D eigenvalue weighted by molar-refractivity contribution is 6.36. The highest BCUT2D eigenvalue weighted by Crippen LogP contribution is 2.27. The Hall–Kier alpha value is -2.29. The molecule has 120 valence electrons. The third kappa shape index (κ3) is 4.60. The van der Waals surface area contributed by atoms with Gasteiger partial charge >= 0.3 is 0 Å². The maximum absolute atomic E-state index is 6.10. The first kappa shape index (κ1) is 16.6. The fourth-order valence-corrected chi connectivity index (χ4v) is 2.58. The number of rotatable bonds is 5. The Morgan fingerprint density at radius 1 is 0.875 bits per heavy atom. The molecule has 3 aromatic carbocycles. The van der Waals surface area contributed by atoms with Crippen molar-refractivity contribution in [1.82, 2.24) is 0 Å². The Morgan fingerprint density at radius 2 is 1.62 bits per heavy atom. The van der Waals surface area contributed by atoms with Crippen LogP contribution in [0.5, 0.6) is 5.75 Å². The second kappa shape index (κ2) is 8.00. The van der Waals surface area contributed by atoms with Crippen LogP contribution in [0.2, 0.25) is 10.0 Å². The molecule has 0 aromatic heterocycles. The molecule has 0 aliphatic heterocycles. The molecule has 0 aliphatic carbocycles. The van der Waals surface area contributed by atoms with Gasteiger partial charge in [-0.25, -0.2) is 0 Å². The molecule has 0 heterocycles. The first-order chi connectivity index (χ1) is 11.7. The van der Waals surface area contributed by atoms with Crippen LogP contribution in [-0.4, -0.2) is 6.21 Å². The van der Waals surface area contributed by atoms with Crippen molar-refractivity contribution >= 4 is 35.1 Å². The van der Waals surface area contributed by atoms with Crippen LogP contribution in [0.25, 0.3) is 0 Å². The van der Waals surface area contributed by atoms with Crippen molar-refractivity contribution in [2.75, 3.05) is 0 Å². The van der Waals surface area contributed by atoms with Crippen LogP contribution in [-0.2, 0) is 6.61 Å². The summed E-state index contributed by atoms with van der Waals surface area (Å²) in [6.45, 7) is 0.550. The lowest BCUT2D eigenvalue weighted by molar-refractivity contribution is 0.306. The van der Waals surface area contributed by atoms with E-state index in [0.717, 1.165) is 16.9 Å². The van der Waals surface area contributed by atoms with Gasteiger partial charge in [0.25, 0.3) is 0 Å². The second-order valence-corrected chi connectivity index (χ2v) is 6.04. The van der Waals surface area contributed by atoms with Gasteiger partial charge in [0, 0.05) is 11.2 Å². The summed E-state index contributed by atoms with van der Waals surface area (Å²) < 4.78 is 5.76. The minimum atomic E-state index is 0.529. The number of halogens is 2. The van der Waals surface area contributed by atoms with Gasteiger partial charge in [0.15, 0.2) is 0 Å². The fraction of sp³-hybridized carbons (Fsp3) is 0.0500. The Labute approximate surface area is 151 Å². The molecule has 3 rings (SSSR count). The van der Waals surface area contributed by atoms with Crippen LogP contribution in [0, 0.1) is 0 Å². The van der Waals surface area contributed by atoms with Crippen molar-refractivity contribution in [2.45, 2.75) is 6.61 Å². The summed E-state index contributed by atoms with van der Waals surface area (Å²) in [7, 11) is 0. The molecule has 24 heavy (non-hydrogen) atoms. The zero-order valence-corrected chi connectivity index (χ0v) is 14.3. The molecule has 0 unspecified atom stereocenters. The van der Waals surface area contributed by atoms with Crippen molar-refractivity contribution in [3.8, 4) is 5.75 Å². The molecule has 0 fully saturated rings. The first-order valence-electron chi connectivity index (χ1n) is 7.46. The van der Waals surface area contributed by atoms with Crippen LogP contribution < -0.4 is 4.74 Å². The Kier molecular flexibility index (Phi) is 5.52. The maximum Gasteiger partial charge on any atom is 0.119 e. The third-order valence-corrected chi connectivity index (χ3v) is 3.93. The molecule has 2 nitrogen and oxygen atoms in total. The minimum Gasteiger partial charge on any atom is -0.489 e. The van der Waals surface area contributed by atoms with Crippen LogP contribution in [0.4, 0.5) is 5.69 Å². The topological polar surface area (TPSA) is 21.6 Å². The van der Waals surface area contributed by atoms with E-state index in [4.69, 9.17) is 27.9 Å². The van der Waals surface area contributed by atoms with Gasteiger partial charge in [0.05, 0.1) is 10.7 Å². The van der Waals surface area contributed by atoms with Crippen molar-refractivity contribution in [1.29, 1.82) is 0 Å². The van der Waals surface area contributed by atoms with Crippen molar-refractivity contribution < 1.29 is 4.74 Å². The highest BCUT2D eigenvalue weighted by Gasteiger charge is 1.99. The van der Waals surface area contributed by atoms with E-state index < -0.39 is 0 Å². The smallest absolute Gasteiger partial charge is 0.119 e. The number of nitrogens with zero attached hydrogens (tertiary/aromatic N) is 1. The Morgan fingerprint density at radius 3 is 2.33 bits per heavy atom. The molecule has 0 N–H and O–H groups in total. The molecule has 0 spiro atoms. The predicted octanol–water partition coefficient (Wildman–Crippen LogP) is 6.32. The molecule has 4 heteroatoms. The van der Waals surface area contributed by atoms with Crippen LogP contribution >= 0.6 is 23.2 Å². The average molecular weight is 356 g/mol. The number of aliphatic imine (C=N–C) groups is 1. The van der Waals surface area contributed by atoms with Gasteiger partial charge in [-0.15, -0.1) is 0 Å². The predicted molar refractivity (Wildman–Crippen MR) is 101 cm³/mol. The van der Waals surface area contributed by atoms with Crippen LogP contribution in [0.3, 0.4) is 0 Å². The van der Waals surface area contributed by atoms with Crippen molar-refractivity contribution in [2.24, 2.45) is 4.99 Å². The van der Waals surface area contributed by atoms with E-state index in [1.807, 2.05) is 54.6 Å².